The molecule has 0 radical (unpaired) electrons. The number of Topliss-reactive ketones (excluding diaryl/α,β-unsaturated/α-hetero) is 1. The van der Waals surface area contributed by atoms with Crippen LogP contribution in [-0.2, 0) is 4.74 Å². The number of amides is 2. The molecule has 0 N–H and O–H groups in total. The molecule has 0 aliphatic carbocycles. The molecule has 0 spiro atoms. The first-order valence-electron chi connectivity index (χ1n) is 12.3. The van der Waals surface area contributed by atoms with Gasteiger partial charge in [0.05, 0.1) is 21.7 Å². The van der Waals surface area contributed by atoms with Gasteiger partial charge in [0.25, 0.3) is 17.5 Å². The number of ether oxygens (including phenoxy) is 1. The Morgan fingerprint density at radius 1 is 0.825 bits per heavy atom. The third kappa shape index (κ3) is 4.54. The fourth-order valence-corrected chi connectivity index (χ4v) is 4.60. The van der Waals surface area contributed by atoms with Crippen LogP contribution in [0.15, 0.2) is 91.0 Å². The van der Waals surface area contributed by atoms with Gasteiger partial charge in [-0.15, -0.1) is 0 Å². The van der Waals surface area contributed by atoms with Crippen LogP contribution in [0, 0.1) is 24.0 Å². The number of ketones is 1. The molecule has 0 saturated heterocycles. The molecule has 0 saturated carbocycles. The number of nitrogens with zero attached hydrogens (tertiary/aromatic N) is 2. The Bertz CT molecular complexity index is 1710. The number of nitro benzene ring substituents is 1. The number of hydrogen-bond donors (Lipinski definition) is 0. The second-order valence-electron chi connectivity index (χ2n) is 9.28. The smallest absolute Gasteiger partial charge is 0.341 e. The molecule has 2 amide bonds. The summed E-state index contributed by atoms with van der Waals surface area (Å²) in [6.45, 7) is 3.79. The lowest BCUT2D eigenvalue weighted by Crippen LogP contribution is -2.31. The van der Waals surface area contributed by atoms with E-state index in [0.717, 1.165) is 22.1 Å². The second kappa shape index (κ2) is 10.4. The average molecular weight is 535 g/mol. The minimum absolute atomic E-state index is 0.113. The highest BCUT2D eigenvalue weighted by Gasteiger charge is 2.43. The molecule has 1 aliphatic heterocycles. The third-order valence-corrected chi connectivity index (χ3v) is 6.81. The monoisotopic (exact) mass is 534 g/mol. The number of esters is 1. The van der Waals surface area contributed by atoms with Crippen LogP contribution in [0.4, 0.5) is 11.4 Å². The lowest BCUT2D eigenvalue weighted by molar-refractivity contribution is -0.385. The summed E-state index contributed by atoms with van der Waals surface area (Å²) in [6, 6.07) is 23.2. The van der Waals surface area contributed by atoms with Crippen molar-refractivity contribution in [1.82, 2.24) is 0 Å². The van der Waals surface area contributed by atoms with Gasteiger partial charge >= 0.3 is 5.97 Å². The molecule has 0 aromatic heterocycles. The molecule has 9 heteroatoms. The number of anilines is 1. The van der Waals surface area contributed by atoms with Crippen molar-refractivity contribution in [2.75, 3.05) is 4.90 Å². The minimum Gasteiger partial charge on any atom is -0.445 e. The van der Waals surface area contributed by atoms with Gasteiger partial charge in [-0.25, -0.2) is 9.69 Å². The lowest BCUT2D eigenvalue weighted by Gasteiger charge is -2.21. The van der Waals surface area contributed by atoms with E-state index in [1.165, 1.54) is 36.4 Å². The number of rotatable bonds is 7. The Balaban J connectivity index is 1.53. The molecule has 9 nitrogen and oxygen atoms in total. The van der Waals surface area contributed by atoms with E-state index in [1.54, 1.807) is 42.5 Å². The fraction of sp³-hybridized carbons (Fsp3) is 0.0968. The van der Waals surface area contributed by atoms with Crippen molar-refractivity contribution < 1.29 is 28.8 Å². The Morgan fingerprint density at radius 2 is 1.52 bits per heavy atom. The highest BCUT2D eigenvalue weighted by Crippen LogP contribution is 2.36. The molecule has 4 aromatic rings. The summed E-state index contributed by atoms with van der Waals surface area (Å²) in [5.74, 6) is -3.14. The van der Waals surface area contributed by atoms with Crippen molar-refractivity contribution in [2.45, 2.75) is 20.0 Å². The molecule has 198 valence electrons. The van der Waals surface area contributed by atoms with Crippen LogP contribution >= 0.6 is 0 Å². The number of fused-ring (bicyclic) bond motifs is 1. The Labute approximate surface area is 228 Å². The van der Waals surface area contributed by atoms with E-state index in [0.29, 0.717) is 11.1 Å². The van der Waals surface area contributed by atoms with E-state index >= 15 is 0 Å². The number of nitro groups is 1. The number of hydrogen-bond acceptors (Lipinski definition) is 7. The van der Waals surface area contributed by atoms with Gasteiger partial charge in [-0.2, -0.15) is 0 Å². The molecule has 4 aromatic carbocycles. The normalized spacial score (nSPS) is 13.1. The molecular weight excluding hydrogens is 512 g/mol. The largest absolute Gasteiger partial charge is 0.445 e. The number of benzene rings is 4. The first kappa shape index (κ1) is 26.2. The van der Waals surface area contributed by atoms with Crippen LogP contribution in [0.1, 0.15) is 64.2 Å². The van der Waals surface area contributed by atoms with Gasteiger partial charge in [0.1, 0.15) is 5.56 Å². The Morgan fingerprint density at radius 3 is 2.23 bits per heavy atom. The van der Waals surface area contributed by atoms with Crippen LogP contribution in [0.3, 0.4) is 0 Å². The van der Waals surface area contributed by atoms with Crippen molar-refractivity contribution in [3.63, 3.8) is 0 Å². The molecule has 1 heterocycles. The third-order valence-electron chi connectivity index (χ3n) is 6.81. The predicted molar refractivity (Wildman–Crippen MR) is 146 cm³/mol. The number of carbonyl (C=O) groups is 4. The van der Waals surface area contributed by atoms with Crippen LogP contribution in [0.5, 0.6) is 0 Å². The predicted octanol–water partition coefficient (Wildman–Crippen LogP) is 5.79. The highest BCUT2D eigenvalue weighted by molar-refractivity contribution is 6.36. The van der Waals surface area contributed by atoms with E-state index < -0.39 is 40.3 Å². The van der Waals surface area contributed by atoms with Gasteiger partial charge in [-0.05, 0) is 49.2 Å². The zero-order chi connectivity index (χ0) is 28.6. The summed E-state index contributed by atoms with van der Waals surface area (Å²) in [6.07, 6.45) is -1.31. The van der Waals surface area contributed by atoms with Gasteiger partial charge in [0.15, 0.2) is 6.10 Å². The molecule has 5 rings (SSSR count). The average Bonchev–Trinajstić information content (AvgIpc) is 3.22. The minimum atomic E-state index is -1.31. The number of para-hydroxylation sites is 1. The van der Waals surface area contributed by atoms with Crippen molar-refractivity contribution in [3.05, 3.63) is 140 Å². The maximum absolute atomic E-state index is 13.6. The topological polar surface area (TPSA) is 124 Å². The van der Waals surface area contributed by atoms with Gasteiger partial charge in [0.2, 0.25) is 5.78 Å². The summed E-state index contributed by atoms with van der Waals surface area (Å²) in [5, 5.41) is 11.5. The standard InChI is InChI=1S/C31H22N2O7/c1-18-15-16-21(17-19(18)2)27(34)28(20-9-4-3-5-10-20)40-31(37)22-11-6-7-13-24(22)32-29(35)23-12-8-14-25(33(38)39)26(23)30(32)36/h3-17,28H,1-2H3/t28-/m0/s1. The zero-order valence-electron chi connectivity index (χ0n) is 21.5. The number of imide groups is 1. The zero-order valence-corrected chi connectivity index (χ0v) is 21.5. The van der Waals surface area contributed by atoms with E-state index in [-0.39, 0.29) is 22.4 Å². The summed E-state index contributed by atoms with van der Waals surface area (Å²) in [4.78, 5) is 65.2. The molecule has 0 fully saturated rings. The number of carbonyl (C=O) groups excluding carboxylic acids is 4. The summed E-state index contributed by atoms with van der Waals surface area (Å²) < 4.78 is 5.77. The van der Waals surface area contributed by atoms with Crippen LogP contribution in [-0.4, -0.2) is 28.5 Å². The van der Waals surface area contributed by atoms with Crippen LogP contribution in [0.2, 0.25) is 0 Å². The summed E-state index contributed by atoms with van der Waals surface area (Å²) >= 11 is 0. The maximum Gasteiger partial charge on any atom is 0.341 e. The van der Waals surface area contributed by atoms with Crippen molar-refractivity contribution in [3.8, 4) is 0 Å². The second-order valence-corrected chi connectivity index (χ2v) is 9.28. The van der Waals surface area contributed by atoms with Crippen LogP contribution < -0.4 is 4.90 Å². The van der Waals surface area contributed by atoms with Crippen LogP contribution in [0.25, 0.3) is 0 Å². The van der Waals surface area contributed by atoms with Crippen molar-refractivity contribution in [1.29, 1.82) is 0 Å². The first-order valence-corrected chi connectivity index (χ1v) is 12.3. The maximum atomic E-state index is 13.6. The quantitative estimate of drug-likeness (QED) is 0.0966. The Hall–Kier alpha value is -5.44. The summed E-state index contributed by atoms with van der Waals surface area (Å²) in [7, 11) is 0. The SMILES string of the molecule is Cc1ccc(C(=O)[C@@H](OC(=O)c2ccccc2N2C(=O)c3cccc([N+](=O)[O-])c3C2=O)c2ccccc2)cc1C. The first-order chi connectivity index (χ1) is 19.2. The Kier molecular flexibility index (Phi) is 6.79. The van der Waals surface area contributed by atoms with E-state index in [2.05, 4.69) is 0 Å². The highest BCUT2D eigenvalue weighted by atomic mass is 16.6. The summed E-state index contributed by atoms with van der Waals surface area (Å²) in [5.41, 5.74) is 1.41. The molecule has 0 bridgehead atoms. The molecular formula is C31H22N2O7. The van der Waals surface area contributed by atoms with E-state index in [4.69, 9.17) is 4.74 Å². The van der Waals surface area contributed by atoms with Gasteiger partial charge in [0, 0.05) is 17.2 Å². The lowest BCUT2D eigenvalue weighted by atomic mass is 9.97. The van der Waals surface area contributed by atoms with E-state index in [9.17, 15) is 29.3 Å². The molecule has 1 aliphatic rings. The molecule has 40 heavy (non-hydrogen) atoms. The van der Waals surface area contributed by atoms with Crippen molar-refractivity contribution >= 4 is 34.9 Å². The fourth-order valence-electron chi connectivity index (χ4n) is 4.60. The molecule has 0 unspecified atom stereocenters. The van der Waals surface area contributed by atoms with Gasteiger partial charge < -0.3 is 4.74 Å². The van der Waals surface area contributed by atoms with Gasteiger partial charge in [-0.3, -0.25) is 24.5 Å². The van der Waals surface area contributed by atoms with Crippen molar-refractivity contribution in [2.24, 2.45) is 0 Å². The van der Waals surface area contributed by atoms with Gasteiger partial charge in [-0.1, -0.05) is 60.7 Å². The number of aryl methyl sites for hydroxylation is 2. The molecule has 1 atom stereocenters. The van der Waals surface area contributed by atoms with E-state index in [1.807, 2.05) is 19.9 Å².